The molecular weight excluding hydrogens is 232 g/mol. The van der Waals surface area contributed by atoms with E-state index in [1.165, 1.54) is 0 Å². The number of carboxylic acids is 1. The highest BCUT2D eigenvalue weighted by Gasteiger charge is 2.19. The summed E-state index contributed by atoms with van der Waals surface area (Å²) in [6.45, 7) is 0.741. The largest absolute Gasteiger partial charge is 0.478 e. The topological polar surface area (TPSA) is 64.3 Å². The molecule has 94 valence electrons. The van der Waals surface area contributed by atoms with Gasteiger partial charge < -0.3 is 9.84 Å². The maximum absolute atomic E-state index is 11.0. The molecule has 0 spiro atoms. The summed E-state index contributed by atoms with van der Waals surface area (Å²) >= 11 is 0. The number of fused-ring (bicyclic) bond motifs is 1. The van der Waals surface area contributed by atoms with Crippen molar-refractivity contribution in [1.29, 1.82) is 0 Å². The van der Waals surface area contributed by atoms with Crippen LogP contribution in [0.2, 0.25) is 0 Å². The number of carbonyl (C=O) groups is 1. The van der Waals surface area contributed by atoms with Crippen LogP contribution < -0.4 is 0 Å². The van der Waals surface area contributed by atoms with E-state index in [-0.39, 0.29) is 11.8 Å². The minimum absolute atomic E-state index is 0.0692. The summed E-state index contributed by atoms with van der Waals surface area (Å²) in [5.74, 6) is -0.922. The van der Waals surface area contributed by atoms with Crippen LogP contribution in [0.5, 0.6) is 0 Å². The minimum Gasteiger partial charge on any atom is -0.478 e. The van der Waals surface area contributed by atoms with Crippen molar-refractivity contribution < 1.29 is 14.6 Å². The van der Waals surface area contributed by atoms with E-state index >= 15 is 0 Å². The van der Waals surface area contributed by atoms with Crippen molar-refractivity contribution in [1.82, 2.24) is 9.78 Å². The van der Waals surface area contributed by atoms with E-state index in [4.69, 9.17) is 9.84 Å². The number of carboxylic acid groups (broad SMARTS) is 1. The van der Waals surface area contributed by atoms with Crippen molar-refractivity contribution in [2.75, 3.05) is 6.61 Å². The lowest BCUT2D eigenvalue weighted by Gasteiger charge is -2.23. The third-order valence-corrected chi connectivity index (χ3v) is 3.27. The molecule has 1 fully saturated rings. The Balaban J connectivity index is 2.05. The molecule has 1 aliphatic heterocycles. The van der Waals surface area contributed by atoms with Gasteiger partial charge in [0, 0.05) is 12.0 Å². The van der Waals surface area contributed by atoms with Crippen LogP contribution in [0.4, 0.5) is 0 Å². The zero-order chi connectivity index (χ0) is 12.5. The summed E-state index contributed by atoms with van der Waals surface area (Å²) in [5.41, 5.74) is 1.10. The number of aromatic carboxylic acids is 1. The Morgan fingerprint density at radius 2 is 2.33 bits per heavy atom. The second-order valence-electron chi connectivity index (χ2n) is 4.49. The summed E-state index contributed by atoms with van der Waals surface area (Å²) < 4.78 is 7.48. The monoisotopic (exact) mass is 246 g/mol. The molecule has 0 bridgehead atoms. The second kappa shape index (κ2) is 4.42. The first-order valence-electron chi connectivity index (χ1n) is 6.08. The number of hydrogen-bond acceptors (Lipinski definition) is 3. The van der Waals surface area contributed by atoms with Crippen LogP contribution in [0.3, 0.4) is 0 Å². The molecule has 5 nitrogen and oxygen atoms in total. The van der Waals surface area contributed by atoms with Gasteiger partial charge in [-0.1, -0.05) is 6.07 Å². The zero-order valence-electron chi connectivity index (χ0n) is 9.87. The van der Waals surface area contributed by atoms with Gasteiger partial charge >= 0.3 is 5.97 Å². The van der Waals surface area contributed by atoms with Gasteiger partial charge in [-0.05, 0) is 31.4 Å². The Hall–Kier alpha value is -1.88. The molecule has 1 saturated heterocycles. The minimum atomic E-state index is -0.922. The van der Waals surface area contributed by atoms with E-state index in [1.54, 1.807) is 29.1 Å². The molecule has 0 radical (unpaired) electrons. The zero-order valence-corrected chi connectivity index (χ0v) is 9.87. The molecule has 1 N–H and O–H groups in total. The van der Waals surface area contributed by atoms with Crippen molar-refractivity contribution in [2.45, 2.75) is 25.5 Å². The van der Waals surface area contributed by atoms with Crippen LogP contribution in [0, 0.1) is 0 Å². The Labute approximate surface area is 104 Å². The normalized spacial score (nSPS) is 20.1. The average Bonchev–Trinajstić information content (AvgIpc) is 2.82. The second-order valence-corrected chi connectivity index (χ2v) is 4.49. The number of benzene rings is 1. The lowest BCUT2D eigenvalue weighted by atomic mass is 10.1. The van der Waals surface area contributed by atoms with Gasteiger partial charge in [-0.3, -0.25) is 0 Å². The molecule has 2 heterocycles. The lowest BCUT2D eigenvalue weighted by molar-refractivity contribution is -0.0366. The summed E-state index contributed by atoms with van der Waals surface area (Å²) in [6.07, 6.45) is 4.80. The van der Waals surface area contributed by atoms with E-state index in [9.17, 15) is 4.79 Å². The predicted molar refractivity (Wildman–Crippen MR) is 65.5 cm³/mol. The molecule has 1 atom stereocenters. The summed E-state index contributed by atoms with van der Waals surface area (Å²) in [4.78, 5) is 11.0. The molecule has 5 heteroatoms. The standard InChI is InChI=1S/C13H14N2O3/c16-13(17)9-4-5-10-8-14-15(11(10)7-9)12-3-1-2-6-18-12/h4-5,7-8,12H,1-3,6H2,(H,16,17)/t12-/m1/s1. The number of aromatic nitrogens is 2. The van der Waals surface area contributed by atoms with Gasteiger partial charge in [-0.25, -0.2) is 9.48 Å². The molecule has 1 aromatic heterocycles. The fourth-order valence-electron chi connectivity index (χ4n) is 2.32. The molecule has 2 aromatic rings. The van der Waals surface area contributed by atoms with E-state index in [0.717, 1.165) is 36.8 Å². The highest BCUT2D eigenvalue weighted by molar-refractivity contribution is 5.93. The van der Waals surface area contributed by atoms with Crippen LogP contribution in [0.25, 0.3) is 10.9 Å². The summed E-state index contributed by atoms with van der Waals surface area (Å²) in [7, 11) is 0. The van der Waals surface area contributed by atoms with Gasteiger partial charge in [-0.2, -0.15) is 5.10 Å². The van der Waals surface area contributed by atoms with Crippen molar-refractivity contribution in [3.8, 4) is 0 Å². The number of ether oxygens (including phenoxy) is 1. The first-order chi connectivity index (χ1) is 8.75. The number of nitrogens with zero attached hydrogens (tertiary/aromatic N) is 2. The fraction of sp³-hybridized carbons (Fsp3) is 0.385. The SMILES string of the molecule is O=C(O)c1ccc2cnn([C@H]3CCCCO3)c2c1. The molecule has 3 rings (SSSR count). The van der Waals surface area contributed by atoms with Gasteiger partial charge in [0.1, 0.15) is 0 Å². The molecule has 0 saturated carbocycles. The molecule has 1 aromatic carbocycles. The van der Waals surface area contributed by atoms with Gasteiger partial charge in [0.15, 0.2) is 6.23 Å². The van der Waals surface area contributed by atoms with E-state index < -0.39 is 5.97 Å². The lowest BCUT2D eigenvalue weighted by Crippen LogP contribution is -2.19. The van der Waals surface area contributed by atoms with Crippen molar-refractivity contribution in [3.63, 3.8) is 0 Å². The third kappa shape index (κ3) is 1.86. The van der Waals surface area contributed by atoms with Gasteiger partial charge in [0.05, 0.1) is 17.3 Å². The molecular formula is C13H14N2O3. The van der Waals surface area contributed by atoms with Crippen molar-refractivity contribution in [2.24, 2.45) is 0 Å². The van der Waals surface area contributed by atoms with E-state index in [1.807, 2.05) is 0 Å². The number of hydrogen-bond donors (Lipinski definition) is 1. The molecule has 0 unspecified atom stereocenters. The average molecular weight is 246 g/mol. The first-order valence-corrected chi connectivity index (χ1v) is 6.08. The molecule has 0 amide bonds. The fourth-order valence-corrected chi connectivity index (χ4v) is 2.32. The predicted octanol–water partition coefficient (Wildman–Crippen LogP) is 2.43. The Morgan fingerprint density at radius 3 is 3.06 bits per heavy atom. The highest BCUT2D eigenvalue weighted by Crippen LogP contribution is 2.26. The smallest absolute Gasteiger partial charge is 0.335 e. The molecule has 18 heavy (non-hydrogen) atoms. The quantitative estimate of drug-likeness (QED) is 0.883. The molecule has 0 aliphatic carbocycles. The van der Waals surface area contributed by atoms with Gasteiger partial charge in [0.25, 0.3) is 0 Å². The van der Waals surface area contributed by atoms with Crippen LogP contribution in [0.1, 0.15) is 35.8 Å². The Kier molecular flexibility index (Phi) is 2.76. The van der Waals surface area contributed by atoms with E-state index in [2.05, 4.69) is 5.10 Å². The van der Waals surface area contributed by atoms with Crippen LogP contribution in [-0.4, -0.2) is 27.5 Å². The van der Waals surface area contributed by atoms with Gasteiger partial charge in [0.2, 0.25) is 0 Å². The molecule has 1 aliphatic rings. The maximum Gasteiger partial charge on any atom is 0.335 e. The van der Waals surface area contributed by atoms with Crippen molar-refractivity contribution in [3.05, 3.63) is 30.0 Å². The maximum atomic E-state index is 11.0. The van der Waals surface area contributed by atoms with E-state index in [0.29, 0.717) is 0 Å². The number of rotatable bonds is 2. The van der Waals surface area contributed by atoms with Crippen LogP contribution >= 0.6 is 0 Å². The van der Waals surface area contributed by atoms with Gasteiger partial charge in [-0.15, -0.1) is 0 Å². The third-order valence-electron chi connectivity index (χ3n) is 3.27. The summed E-state index contributed by atoms with van der Waals surface area (Å²) in [5, 5.41) is 14.3. The Morgan fingerprint density at radius 1 is 1.44 bits per heavy atom. The first kappa shape index (κ1) is 11.2. The van der Waals surface area contributed by atoms with Crippen LogP contribution in [-0.2, 0) is 4.74 Å². The van der Waals surface area contributed by atoms with Crippen molar-refractivity contribution >= 4 is 16.9 Å². The Bertz CT molecular complexity index is 585. The highest BCUT2D eigenvalue weighted by atomic mass is 16.5. The summed E-state index contributed by atoms with van der Waals surface area (Å²) in [6, 6.07) is 5.03. The van der Waals surface area contributed by atoms with Crippen LogP contribution in [0.15, 0.2) is 24.4 Å².